The number of anilines is 2. The maximum absolute atomic E-state index is 12.4. The zero-order chi connectivity index (χ0) is 21.3. The summed E-state index contributed by atoms with van der Waals surface area (Å²) >= 11 is 0. The fourth-order valence-electron chi connectivity index (χ4n) is 3.01. The first-order valence-corrected chi connectivity index (χ1v) is 10.5. The molecule has 0 saturated carbocycles. The molecule has 29 heavy (non-hydrogen) atoms. The van der Waals surface area contributed by atoms with Gasteiger partial charge in [0, 0.05) is 36.5 Å². The van der Waals surface area contributed by atoms with Gasteiger partial charge in [0.15, 0.2) is 12.0 Å². The van der Waals surface area contributed by atoms with E-state index < -0.39 is 15.4 Å². The van der Waals surface area contributed by atoms with Gasteiger partial charge in [0.25, 0.3) is 0 Å². The summed E-state index contributed by atoms with van der Waals surface area (Å²) in [5, 5.41) is -0.286. The van der Waals surface area contributed by atoms with Crippen LogP contribution in [0.25, 0.3) is 10.9 Å². The molecular formula is C19H23N5O4S. The molecule has 0 amide bonds. The smallest absolute Gasteiger partial charge is 0.311 e. The second-order valence-corrected chi connectivity index (χ2v) is 9.01. The highest BCUT2D eigenvalue weighted by molar-refractivity contribution is 7.87. The summed E-state index contributed by atoms with van der Waals surface area (Å²) in [6, 6.07) is 3.47. The summed E-state index contributed by atoms with van der Waals surface area (Å²) in [5.41, 5.74) is 13.9. The van der Waals surface area contributed by atoms with Crippen molar-refractivity contribution in [3.8, 4) is 5.75 Å². The second kappa shape index (κ2) is 7.70. The van der Waals surface area contributed by atoms with Crippen molar-refractivity contribution in [3.63, 3.8) is 0 Å². The van der Waals surface area contributed by atoms with Crippen molar-refractivity contribution in [2.45, 2.75) is 39.0 Å². The predicted molar refractivity (Wildman–Crippen MR) is 111 cm³/mol. The molecule has 154 valence electrons. The van der Waals surface area contributed by atoms with Gasteiger partial charge in [-0.3, -0.25) is 4.79 Å². The molecule has 9 nitrogen and oxygen atoms in total. The van der Waals surface area contributed by atoms with Gasteiger partial charge in [-0.1, -0.05) is 0 Å². The molecule has 2 aromatic heterocycles. The van der Waals surface area contributed by atoms with Crippen LogP contribution in [0.3, 0.4) is 0 Å². The van der Waals surface area contributed by atoms with Gasteiger partial charge in [-0.05, 0) is 38.5 Å². The number of aryl methyl sites for hydroxylation is 1. The predicted octanol–water partition coefficient (Wildman–Crippen LogP) is 2.14. The first-order valence-electron chi connectivity index (χ1n) is 9.07. The fourth-order valence-corrected chi connectivity index (χ4v) is 3.58. The monoisotopic (exact) mass is 417 g/mol. The van der Waals surface area contributed by atoms with Crippen molar-refractivity contribution in [2.24, 2.45) is 0 Å². The lowest BCUT2D eigenvalue weighted by molar-refractivity contribution is 0.112. The minimum atomic E-state index is -3.86. The van der Waals surface area contributed by atoms with E-state index in [0.717, 1.165) is 5.56 Å². The van der Waals surface area contributed by atoms with Crippen LogP contribution in [0, 0.1) is 0 Å². The molecule has 3 rings (SSSR count). The molecule has 0 fully saturated rings. The molecule has 0 unspecified atom stereocenters. The van der Waals surface area contributed by atoms with Gasteiger partial charge in [0.1, 0.15) is 5.82 Å². The van der Waals surface area contributed by atoms with Crippen LogP contribution in [0.1, 0.15) is 42.3 Å². The maximum atomic E-state index is 12.4. The Morgan fingerprint density at radius 2 is 2.00 bits per heavy atom. The molecular weight excluding hydrogens is 394 g/mol. The zero-order valence-electron chi connectivity index (χ0n) is 16.4. The highest BCUT2D eigenvalue weighted by atomic mass is 32.2. The fraction of sp³-hybridized carbons (Fsp3) is 0.316. The number of hydrogen-bond acceptors (Lipinski definition) is 8. The summed E-state index contributed by atoms with van der Waals surface area (Å²) in [6.07, 6.45) is 4.24. The lowest BCUT2D eigenvalue weighted by Gasteiger charge is -2.14. The minimum Gasteiger partial charge on any atom is -0.383 e. The average molecular weight is 417 g/mol. The van der Waals surface area contributed by atoms with E-state index in [9.17, 15) is 13.2 Å². The third-order valence-corrected chi connectivity index (χ3v) is 6.16. The topological polar surface area (TPSA) is 143 Å². The lowest BCUT2D eigenvalue weighted by Crippen LogP contribution is -2.20. The Kier molecular flexibility index (Phi) is 5.47. The summed E-state index contributed by atoms with van der Waals surface area (Å²) in [5.74, 6) is 0.425. The van der Waals surface area contributed by atoms with E-state index in [1.165, 1.54) is 20.0 Å². The number of carbonyl (C=O) groups is 1. The Balaban J connectivity index is 2.20. The van der Waals surface area contributed by atoms with Gasteiger partial charge in [-0.15, -0.1) is 0 Å². The van der Waals surface area contributed by atoms with E-state index in [2.05, 4.69) is 9.97 Å². The Morgan fingerprint density at radius 1 is 1.28 bits per heavy atom. The SMILES string of the molecule is CCn1cc(C=O)c2c(OS(=O)(=O)C(C)C)cc(Cc3cnc(N)nc3N)cc21. The molecule has 0 aliphatic rings. The van der Waals surface area contributed by atoms with Gasteiger partial charge < -0.3 is 20.2 Å². The summed E-state index contributed by atoms with van der Waals surface area (Å²) in [7, 11) is -3.86. The van der Waals surface area contributed by atoms with Crippen molar-refractivity contribution in [1.29, 1.82) is 0 Å². The molecule has 4 N–H and O–H groups in total. The molecule has 0 radical (unpaired) electrons. The van der Waals surface area contributed by atoms with Crippen LogP contribution in [-0.2, 0) is 23.1 Å². The normalized spacial score (nSPS) is 11.9. The number of rotatable bonds is 7. The molecule has 1 aromatic carbocycles. The number of nitrogens with zero attached hydrogens (tertiary/aromatic N) is 3. The van der Waals surface area contributed by atoms with Crippen LogP contribution in [-0.4, -0.2) is 34.5 Å². The van der Waals surface area contributed by atoms with Crippen molar-refractivity contribution in [1.82, 2.24) is 14.5 Å². The molecule has 2 heterocycles. The summed E-state index contributed by atoms with van der Waals surface area (Å²) in [6.45, 7) is 5.58. The number of hydrogen-bond donors (Lipinski definition) is 2. The van der Waals surface area contributed by atoms with Gasteiger partial charge >= 0.3 is 10.1 Å². The Hall–Kier alpha value is -3.14. The standard InChI is InChI=1S/C19H23N5O4S/c1-4-24-9-14(10-25)17-15(24)6-12(5-13-8-22-19(21)23-18(13)20)7-16(17)28-29(26,27)11(2)3/h6-11H,4-5H2,1-3H3,(H4,20,21,22,23). The summed E-state index contributed by atoms with van der Waals surface area (Å²) in [4.78, 5) is 19.5. The quantitative estimate of drug-likeness (QED) is 0.439. The molecule has 3 aromatic rings. The van der Waals surface area contributed by atoms with Crippen LogP contribution in [0.5, 0.6) is 5.75 Å². The van der Waals surface area contributed by atoms with Crippen molar-refractivity contribution < 1.29 is 17.4 Å². The maximum Gasteiger partial charge on any atom is 0.311 e. The zero-order valence-corrected chi connectivity index (χ0v) is 17.2. The van der Waals surface area contributed by atoms with Crippen LogP contribution in [0.15, 0.2) is 24.5 Å². The highest BCUT2D eigenvalue weighted by Gasteiger charge is 2.23. The molecule has 0 saturated heterocycles. The molecule has 10 heteroatoms. The van der Waals surface area contributed by atoms with Crippen LogP contribution in [0.2, 0.25) is 0 Å². The van der Waals surface area contributed by atoms with Crippen LogP contribution >= 0.6 is 0 Å². The number of carbonyl (C=O) groups excluding carboxylic acids is 1. The second-order valence-electron chi connectivity index (χ2n) is 6.92. The van der Waals surface area contributed by atoms with E-state index in [1.807, 2.05) is 17.6 Å². The number of benzene rings is 1. The number of fused-ring (bicyclic) bond motifs is 1. The molecule has 0 spiro atoms. The van der Waals surface area contributed by atoms with E-state index in [-0.39, 0.29) is 17.5 Å². The van der Waals surface area contributed by atoms with E-state index in [0.29, 0.717) is 41.3 Å². The molecule has 0 bridgehead atoms. The Bertz CT molecular complexity index is 1190. The lowest BCUT2D eigenvalue weighted by atomic mass is 10.0. The van der Waals surface area contributed by atoms with Crippen LogP contribution in [0.4, 0.5) is 11.8 Å². The summed E-state index contributed by atoms with van der Waals surface area (Å²) < 4.78 is 32.1. The Morgan fingerprint density at radius 3 is 2.59 bits per heavy atom. The average Bonchev–Trinajstić information content (AvgIpc) is 3.02. The Labute approximate surface area is 168 Å². The van der Waals surface area contributed by atoms with Crippen LogP contribution < -0.4 is 15.7 Å². The van der Waals surface area contributed by atoms with Gasteiger partial charge in [0.05, 0.1) is 16.2 Å². The van der Waals surface area contributed by atoms with E-state index in [1.54, 1.807) is 12.3 Å². The van der Waals surface area contributed by atoms with Crippen molar-refractivity contribution in [3.05, 3.63) is 41.2 Å². The highest BCUT2D eigenvalue weighted by Crippen LogP contribution is 2.34. The number of aromatic nitrogens is 3. The molecule has 0 aliphatic carbocycles. The minimum absolute atomic E-state index is 0.0734. The number of nitrogen functional groups attached to an aromatic ring is 2. The third kappa shape index (κ3) is 4.02. The van der Waals surface area contributed by atoms with E-state index >= 15 is 0 Å². The molecule has 0 aliphatic heterocycles. The molecule has 0 atom stereocenters. The first kappa shape index (κ1) is 20.6. The first-order chi connectivity index (χ1) is 13.7. The largest absolute Gasteiger partial charge is 0.383 e. The third-order valence-electron chi connectivity index (χ3n) is 4.60. The number of nitrogens with two attached hydrogens (primary N) is 2. The van der Waals surface area contributed by atoms with Gasteiger partial charge in [-0.25, -0.2) is 4.98 Å². The van der Waals surface area contributed by atoms with Gasteiger partial charge in [-0.2, -0.15) is 13.4 Å². The van der Waals surface area contributed by atoms with E-state index in [4.69, 9.17) is 15.7 Å². The van der Waals surface area contributed by atoms with Gasteiger partial charge in [0.2, 0.25) is 5.95 Å². The van der Waals surface area contributed by atoms with Crippen molar-refractivity contribution >= 4 is 39.1 Å². The van der Waals surface area contributed by atoms with Crippen molar-refractivity contribution in [2.75, 3.05) is 11.5 Å². The number of aldehydes is 1.